The zero-order chi connectivity index (χ0) is 19.4. The van der Waals surface area contributed by atoms with E-state index < -0.39 is 0 Å². The molecule has 6 heteroatoms. The molecule has 0 heterocycles. The van der Waals surface area contributed by atoms with Gasteiger partial charge in [0.1, 0.15) is 0 Å². The molecule has 3 rings (SSSR count). The predicted octanol–water partition coefficient (Wildman–Crippen LogP) is 3.40. The van der Waals surface area contributed by atoms with Gasteiger partial charge in [-0.25, -0.2) is 0 Å². The fourth-order valence-electron chi connectivity index (χ4n) is 3.07. The number of amides is 2. The van der Waals surface area contributed by atoms with E-state index >= 15 is 0 Å². The summed E-state index contributed by atoms with van der Waals surface area (Å²) in [5, 5.41) is 2.88. The van der Waals surface area contributed by atoms with E-state index in [4.69, 9.17) is 9.47 Å². The molecule has 1 saturated carbocycles. The van der Waals surface area contributed by atoms with Crippen LogP contribution in [0, 0.1) is 0 Å². The van der Waals surface area contributed by atoms with E-state index in [0.717, 1.165) is 24.1 Å². The Labute approximate surface area is 159 Å². The standard InChI is InChI=1S/C21H24N2O4/c1-14(24)23(18-9-10-18)17-7-5-16(6-8-17)22-21(25)13-15-4-11-19(26-2)20(12-15)27-3/h4-8,11-12,18H,9-10,13H2,1-3H3,(H,22,25). The van der Waals surface area contributed by atoms with E-state index in [2.05, 4.69) is 5.32 Å². The Morgan fingerprint density at radius 2 is 1.70 bits per heavy atom. The summed E-state index contributed by atoms with van der Waals surface area (Å²) >= 11 is 0. The molecule has 6 nitrogen and oxygen atoms in total. The molecule has 2 aromatic rings. The Morgan fingerprint density at radius 3 is 2.26 bits per heavy atom. The van der Waals surface area contributed by atoms with Gasteiger partial charge >= 0.3 is 0 Å². The molecule has 142 valence electrons. The first-order valence-corrected chi connectivity index (χ1v) is 8.92. The Balaban J connectivity index is 1.63. The maximum atomic E-state index is 12.3. The number of hydrogen-bond acceptors (Lipinski definition) is 4. The monoisotopic (exact) mass is 368 g/mol. The normalized spacial score (nSPS) is 13.0. The zero-order valence-corrected chi connectivity index (χ0v) is 15.8. The van der Waals surface area contributed by atoms with Crippen LogP contribution in [0.15, 0.2) is 42.5 Å². The van der Waals surface area contributed by atoms with Crippen molar-refractivity contribution in [3.05, 3.63) is 48.0 Å². The first kappa shape index (κ1) is 18.8. The number of hydrogen-bond donors (Lipinski definition) is 1. The molecule has 1 fully saturated rings. The van der Waals surface area contributed by atoms with Gasteiger partial charge in [0.05, 0.1) is 20.6 Å². The Morgan fingerprint density at radius 1 is 1.04 bits per heavy atom. The fourth-order valence-corrected chi connectivity index (χ4v) is 3.07. The molecule has 0 aliphatic heterocycles. The summed E-state index contributed by atoms with van der Waals surface area (Å²) in [7, 11) is 3.14. The lowest BCUT2D eigenvalue weighted by Gasteiger charge is -2.21. The second-order valence-corrected chi connectivity index (χ2v) is 6.58. The maximum absolute atomic E-state index is 12.3. The van der Waals surface area contributed by atoms with Crippen LogP contribution in [0.1, 0.15) is 25.3 Å². The molecule has 27 heavy (non-hydrogen) atoms. The third-order valence-corrected chi connectivity index (χ3v) is 4.49. The van der Waals surface area contributed by atoms with Gasteiger partial charge < -0.3 is 19.7 Å². The molecule has 0 spiro atoms. The van der Waals surface area contributed by atoms with E-state index in [0.29, 0.717) is 23.2 Å². The van der Waals surface area contributed by atoms with Gasteiger partial charge in [-0.3, -0.25) is 9.59 Å². The lowest BCUT2D eigenvalue weighted by Crippen LogP contribution is -2.30. The van der Waals surface area contributed by atoms with Crippen LogP contribution < -0.4 is 19.7 Å². The summed E-state index contributed by atoms with van der Waals surface area (Å²) in [4.78, 5) is 26.0. The molecule has 0 unspecified atom stereocenters. The van der Waals surface area contributed by atoms with Crippen molar-refractivity contribution in [2.75, 3.05) is 24.4 Å². The van der Waals surface area contributed by atoms with Crippen LogP contribution in [-0.2, 0) is 16.0 Å². The zero-order valence-electron chi connectivity index (χ0n) is 15.8. The SMILES string of the molecule is COc1ccc(CC(=O)Nc2ccc(N(C(C)=O)C3CC3)cc2)cc1OC. The van der Waals surface area contributed by atoms with E-state index in [-0.39, 0.29) is 18.2 Å². The van der Waals surface area contributed by atoms with Crippen molar-refractivity contribution >= 4 is 23.2 Å². The Kier molecular flexibility index (Phi) is 5.64. The highest BCUT2D eigenvalue weighted by Crippen LogP contribution is 2.32. The first-order chi connectivity index (χ1) is 13.0. The molecular weight excluding hydrogens is 344 g/mol. The number of rotatable bonds is 7. The van der Waals surface area contributed by atoms with Crippen LogP contribution in [0.3, 0.4) is 0 Å². The summed E-state index contributed by atoms with van der Waals surface area (Å²) in [6, 6.07) is 13.1. The molecule has 1 N–H and O–H groups in total. The largest absolute Gasteiger partial charge is 0.493 e. The second kappa shape index (κ2) is 8.12. The molecule has 1 aliphatic rings. The van der Waals surface area contributed by atoms with Crippen molar-refractivity contribution in [1.29, 1.82) is 0 Å². The Hall–Kier alpha value is -3.02. The van der Waals surface area contributed by atoms with Crippen molar-refractivity contribution in [2.45, 2.75) is 32.2 Å². The van der Waals surface area contributed by atoms with E-state index in [1.54, 1.807) is 33.3 Å². The summed E-state index contributed by atoms with van der Waals surface area (Å²) in [5.41, 5.74) is 2.39. The van der Waals surface area contributed by atoms with Gasteiger partial charge in [0.2, 0.25) is 11.8 Å². The van der Waals surface area contributed by atoms with Gasteiger partial charge in [0, 0.05) is 24.3 Å². The molecule has 0 bridgehead atoms. The topological polar surface area (TPSA) is 67.9 Å². The summed E-state index contributed by atoms with van der Waals surface area (Å²) in [6.45, 7) is 1.58. The fraction of sp³-hybridized carbons (Fsp3) is 0.333. The number of carbonyl (C=O) groups is 2. The maximum Gasteiger partial charge on any atom is 0.228 e. The van der Waals surface area contributed by atoms with Crippen molar-refractivity contribution < 1.29 is 19.1 Å². The molecule has 0 atom stereocenters. The number of nitrogens with one attached hydrogen (secondary N) is 1. The van der Waals surface area contributed by atoms with Crippen LogP contribution in [0.4, 0.5) is 11.4 Å². The van der Waals surface area contributed by atoms with Gasteiger partial charge in [0.25, 0.3) is 0 Å². The molecular formula is C21H24N2O4. The lowest BCUT2D eigenvalue weighted by atomic mass is 10.1. The van der Waals surface area contributed by atoms with Crippen molar-refractivity contribution in [2.24, 2.45) is 0 Å². The minimum atomic E-state index is -0.124. The third kappa shape index (κ3) is 4.58. The average molecular weight is 368 g/mol. The number of ether oxygens (including phenoxy) is 2. The summed E-state index contributed by atoms with van der Waals surface area (Å²) in [6.07, 6.45) is 2.32. The highest BCUT2D eigenvalue weighted by molar-refractivity contribution is 5.94. The van der Waals surface area contributed by atoms with Crippen LogP contribution in [-0.4, -0.2) is 32.1 Å². The van der Waals surface area contributed by atoms with Crippen LogP contribution in [0.5, 0.6) is 11.5 Å². The second-order valence-electron chi connectivity index (χ2n) is 6.58. The molecule has 2 aromatic carbocycles. The summed E-state index contributed by atoms with van der Waals surface area (Å²) < 4.78 is 10.5. The average Bonchev–Trinajstić information content (AvgIpc) is 3.47. The highest BCUT2D eigenvalue weighted by atomic mass is 16.5. The van der Waals surface area contributed by atoms with Gasteiger partial charge in [-0.1, -0.05) is 6.07 Å². The molecule has 0 saturated heterocycles. The van der Waals surface area contributed by atoms with E-state index in [1.807, 2.05) is 35.2 Å². The van der Waals surface area contributed by atoms with Crippen molar-refractivity contribution in [3.8, 4) is 11.5 Å². The van der Waals surface area contributed by atoms with Gasteiger partial charge in [-0.15, -0.1) is 0 Å². The smallest absolute Gasteiger partial charge is 0.228 e. The number of nitrogens with zero attached hydrogens (tertiary/aromatic N) is 1. The third-order valence-electron chi connectivity index (χ3n) is 4.49. The van der Waals surface area contributed by atoms with E-state index in [9.17, 15) is 9.59 Å². The molecule has 0 radical (unpaired) electrons. The van der Waals surface area contributed by atoms with E-state index in [1.165, 1.54) is 0 Å². The van der Waals surface area contributed by atoms with Crippen molar-refractivity contribution in [1.82, 2.24) is 0 Å². The number of methoxy groups -OCH3 is 2. The van der Waals surface area contributed by atoms with Gasteiger partial charge in [0.15, 0.2) is 11.5 Å². The first-order valence-electron chi connectivity index (χ1n) is 8.92. The predicted molar refractivity (Wildman–Crippen MR) is 105 cm³/mol. The Bertz CT molecular complexity index is 829. The molecule has 2 amide bonds. The lowest BCUT2D eigenvalue weighted by molar-refractivity contribution is -0.117. The molecule has 0 aromatic heterocycles. The highest BCUT2D eigenvalue weighted by Gasteiger charge is 2.31. The minimum Gasteiger partial charge on any atom is -0.493 e. The number of carbonyl (C=O) groups excluding carboxylic acids is 2. The van der Waals surface area contributed by atoms with Crippen LogP contribution in [0.2, 0.25) is 0 Å². The quantitative estimate of drug-likeness (QED) is 0.813. The van der Waals surface area contributed by atoms with Crippen molar-refractivity contribution in [3.63, 3.8) is 0 Å². The molecule has 1 aliphatic carbocycles. The summed E-state index contributed by atoms with van der Waals surface area (Å²) in [5.74, 6) is 1.14. The minimum absolute atomic E-state index is 0.0442. The van der Waals surface area contributed by atoms with Crippen LogP contribution in [0.25, 0.3) is 0 Å². The van der Waals surface area contributed by atoms with Gasteiger partial charge in [-0.05, 0) is 54.8 Å². The number of anilines is 2. The van der Waals surface area contributed by atoms with Crippen LogP contribution >= 0.6 is 0 Å². The van der Waals surface area contributed by atoms with Gasteiger partial charge in [-0.2, -0.15) is 0 Å². The number of benzene rings is 2.